The molecule has 3 rings (SSSR count). The standard InChI is InChI=1S/C24H24Cl2N2O4S/c1-15-8-11-21(32-4)22(12-15)33(30,31)28(18-10-9-16(2)17(3)13-18)14-23(29)27-20-7-5-6-19(25)24(20)26/h5-13H,14H2,1-4H3,(H,27,29). The van der Waals surface area contributed by atoms with E-state index in [9.17, 15) is 13.2 Å². The predicted octanol–water partition coefficient (Wildman–Crippen LogP) is 5.76. The third kappa shape index (κ3) is 5.43. The monoisotopic (exact) mass is 506 g/mol. The van der Waals surface area contributed by atoms with Crippen molar-refractivity contribution in [2.45, 2.75) is 25.7 Å². The smallest absolute Gasteiger partial charge is 0.268 e. The Kier molecular flexibility index (Phi) is 7.57. The molecular weight excluding hydrogens is 483 g/mol. The number of hydrogen-bond donors (Lipinski definition) is 1. The molecule has 6 nitrogen and oxygen atoms in total. The molecule has 33 heavy (non-hydrogen) atoms. The highest BCUT2D eigenvalue weighted by molar-refractivity contribution is 7.93. The number of benzene rings is 3. The van der Waals surface area contributed by atoms with Crippen LogP contribution in [0.25, 0.3) is 0 Å². The van der Waals surface area contributed by atoms with Gasteiger partial charge in [-0.1, -0.05) is 41.4 Å². The second-order valence-corrected chi connectivity index (χ2v) is 10.2. The lowest BCUT2D eigenvalue weighted by Crippen LogP contribution is -2.38. The van der Waals surface area contributed by atoms with Crippen molar-refractivity contribution in [1.29, 1.82) is 0 Å². The van der Waals surface area contributed by atoms with Crippen molar-refractivity contribution in [2.24, 2.45) is 0 Å². The molecule has 0 spiro atoms. The molecule has 0 aliphatic heterocycles. The maximum Gasteiger partial charge on any atom is 0.268 e. The zero-order valence-corrected chi connectivity index (χ0v) is 21.0. The lowest BCUT2D eigenvalue weighted by Gasteiger charge is -2.26. The molecule has 0 aliphatic rings. The molecule has 0 aliphatic carbocycles. The van der Waals surface area contributed by atoms with Gasteiger partial charge in [0.2, 0.25) is 5.91 Å². The van der Waals surface area contributed by atoms with Crippen LogP contribution in [-0.4, -0.2) is 28.0 Å². The van der Waals surface area contributed by atoms with Crippen LogP contribution in [0.1, 0.15) is 16.7 Å². The number of ether oxygens (including phenoxy) is 1. The van der Waals surface area contributed by atoms with E-state index >= 15 is 0 Å². The second kappa shape index (κ2) is 10.0. The Bertz CT molecular complexity index is 1310. The summed E-state index contributed by atoms with van der Waals surface area (Å²) in [4.78, 5) is 12.9. The highest BCUT2D eigenvalue weighted by Crippen LogP contribution is 2.33. The summed E-state index contributed by atoms with van der Waals surface area (Å²) in [5.41, 5.74) is 3.28. The number of methoxy groups -OCH3 is 1. The van der Waals surface area contributed by atoms with Gasteiger partial charge in [0.1, 0.15) is 17.2 Å². The van der Waals surface area contributed by atoms with Crippen molar-refractivity contribution in [3.63, 3.8) is 0 Å². The summed E-state index contributed by atoms with van der Waals surface area (Å²) in [5.74, 6) is -0.389. The van der Waals surface area contributed by atoms with Crippen LogP contribution < -0.4 is 14.4 Å². The van der Waals surface area contributed by atoms with Gasteiger partial charge in [0.25, 0.3) is 10.0 Å². The molecule has 0 heterocycles. The van der Waals surface area contributed by atoms with E-state index in [4.69, 9.17) is 27.9 Å². The molecule has 1 amide bonds. The first-order valence-corrected chi connectivity index (χ1v) is 12.2. The summed E-state index contributed by atoms with van der Waals surface area (Å²) < 4.78 is 33.9. The summed E-state index contributed by atoms with van der Waals surface area (Å²) in [6.45, 7) is 5.11. The van der Waals surface area contributed by atoms with Crippen LogP contribution >= 0.6 is 23.2 Å². The van der Waals surface area contributed by atoms with E-state index in [-0.39, 0.29) is 20.7 Å². The molecule has 0 atom stereocenters. The number of nitrogens with one attached hydrogen (secondary N) is 1. The number of nitrogens with zero attached hydrogens (tertiary/aromatic N) is 1. The molecule has 3 aromatic rings. The third-order valence-corrected chi connectivity index (χ3v) is 7.79. The van der Waals surface area contributed by atoms with E-state index < -0.39 is 22.5 Å². The predicted molar refractivity (Wildman–Crippen MR) is 133 cm³/mol. The van der Waals surface area contributed by atoms with Crippen LogP contribution in [0.2, 0.25) is 10.0 Å². The molecule has 0 saturated carbocycles. The van der Waals surface area contributed by atoms with Crippen molar-refractivity contribution in [1.82, 2.24) is 0 Å². The lowest BCUT2D eigenvalue weighted by atomic mass is 10.1. The molecule has 0 saturated heterocycles. The summed E-state index contributed by atoms with van der Waals surface area (Å²) >= 11 is 12.2. The Morgan fingerprint density at radius 1 is 1.00 bits per heavy atom. The van der Waals surface area contributed by atoms with E-state index in [0.29, 0.717) is 11.4 Å². The van der Waals surface area contributed by atoms with Gasteiger partial charge in [-0.15, -0.1) is 0 Å². The number of amides is 1. The number of sulfonamides is 1. The lowest BCUT2D eigenvalue weighted by molar-refractivity contribution is -0.114. The molecule has 0 fully saturated rings. The molecule has 0 radical (unpaired) electrons. The van der Waals surface area contributed by atoms with Crippen LogP contribution in [0.5, 0.6) is 5.75 Å². The normalized spacial score (nSPS) is 11.2. The quantitative estimate of drug-likeness (QED) is 0.441. The SMILES string of the molecule is COc1ccc(C)cc1S(=O)(=O)N(CC(=O)Nc1cccc(Cl)c1Cl)c1ccc(C)c(C)c1. The van der Waals surface area contributed by atoms with E-state index in [0.717, 1.165) is 21.0 Å². The van der Waals surface area contributed by atoms with Crippen LogP contribution in [-0.2, 0) is 14.8 Å². The zero-order chi connectivity index (χ0) is 24.3. The van der Waals surface area contributed by atoms with E-state index in [2.05, 4.69) is 5.32 Å². The Balaban J connectivity index is 2.07. The average Bonchev–Trinajstić information content (AvgIpc) is 2.77. The number of anilines is 2. The van der Waals surface area contributed by atoms with Gasteiger partial charge in [0, 0.05) is 0 Å². The van der Waals surface area contributed by atoms with Crippen molar-refractivity contribution >= 4 is 50.5 Å². The van der Waals surface area contributed by atoms with Gasteiger partial charge in [-0.3, -0.25) is 9.10 Å². The zero-order valence-electron chi connectivity index (χ0n) is 18.6. The molecule has 9 heteroatoms. The molecule has 0 unspecified atom stereocenters. The van der Waals surface area contributed by atoms with Crippen molar-refractivity contribution in [3.8, 4) is 5.75 Å². The number of aryl methyl sites for hydroxylation is 3. The average molecular weight is 507 g/mol. The molecular formula is C24H24Cl2N2O4S. The highest BCUT2D eigenvalue weighted by atomic mass is 35.5. The topological polar surface area (TPSA) is 75.7 Å². The fraction of sp³-hybridized carbons (Fsp3) is 0.208. The fourth-order valence-corrected chi connectivity index (χ4v) is 5.22. The van der Waals surface area contributed by atoms with Gasteiger partial charge in [-0.05, 0) is 73.9 Å². The minimum atomic E-state index is -4.17. The van der Waals surface area contributed by atoms with Crippen molar-refractivity contribution in [3.05, 3.63) is 81.3 Å². The van der Waals surface area contributed by atoms with Crippen molar-refractivity contribution < 1.29 is 17.9 Å². The van der Waals surface area contributed by atoms with E-state index in [1.165, 1.54) is 13.2 Å². The first-order valence-electron chi connectivity index (χ1n) is 10.0. The Labute approximate surface area is 204 Å². The van der Waals surface area contributed by atoms with Gasteiger partial charge in [0.15, 0.2) is 0 Å². The van der Waals surface area contributed by atoms with Crippen LogP contribution in [0, 0.1) is 20.8 Å². The van der Waals surface area contributed by atoms with Crippen molar-refractivity contribution in [2.75, 3.05) is 23.3 Å². The molecule has 1 N–H and O–H groups in total. The number of carbonyl (C=O) groups excluding carboxylic acids is 1. The summed E-state index contributed by atoms with van der Waals surface area (Å²) in [7, 11) is -2.77. The number of hydrogen-bond acceptors (Lipinski definition) is 4. The molecule has 0 aromatic heterocycles. The Morgan fingerprint density at radius 2 is 1.73 bits per heavy atom. The second-order valence-electron chi connectivity index (χ2n) is 7.58. The first-order chi connectivity index (χ1) is 15.5. The molecule has 0 bridgehead atoms. The largest absolute Gasteiger partial charge is 0.495 e. The number of halogens is 2. The van der Waals surface area contributed by atoms with Gasteiger partial charge in [0.05, 0.1) is 28.5 Å². The fourth-order valence-electron chi connectivity index (χ4n) is 3.22. The maximum atomic E-state index is 13.8. The Morgan fingerprint density at radius 3 is 2.39 bits per heavy atom. The highest BCUT2D eigenvalue weighted by Gasteiger charge is 2.30. The van der Waals surface area contributed by atoms with E-state index in [1.54, 1.807) is 49.4 Å². The minimum Gasteiger partial charge on any atom is -0.495 e. The third-order valence-electron chi connectivity index (χ3n) is 5.18. The van der Waals surface area contributed by atoms with Gasteiger partial charge in [-0.25, -0.2) is 8.42 Å². The van der Waals surface area contributed by atoms with E-state index in [1.807, 2.05) is 19.9 Å². The maximum absolute atomic E-state index is 13.8. The van der Waals surface area contributed by atoms with Crippen LogP contribution in [0.15, 0.2) is 59.5 Å². The van der Waals surface area contributed by atoms with Crippen LogP contribution in [0.4, 0.5) is 11.4 Å². The molecule has 3 aromatic carbocycles. The molecule has 174 valence electrons. The first kappa shape index (κ1) is 24.9. The summed E-state index contributed by atoms with van der Waals surface area (Å²) in [6, 6.07) is 14.9. The summed E-state index contributed by atoms with van der Waals surface area (Å²) in [5, 5.41) is 3.10. The summed E-state index contributed by atoms with van der Waals surface area (Å²) in [6.07, 6.45) is 0. The van der Waals surface area contributed by atoms with Gasteiger partial charge < -0.3 is 10.1 Å². The van der Waals surface area contributed by atoms with Crippen LogP contribution in [0.3, 0.4) is 0 Å². The number of carbonyl (C=O) groups is 1. The van der Waals surface area contributed by atoms with Gasteiger partial charge >= 0.3 is 0 Å². The Hall–Kier alpha value is -2.74. The van der Waals surface area contributed by atoms with Gasteiger partial charge in [-0.2, -0.15) is 0 Å². The number of rotatable bonds is 7. The minimum absolute atomic E-state index is 0.0307.